The number of ether oxygens (including phenoxy) is 2. The second kappa shape index (κ2) is 12.9. The molecule has 0 saturated heterocycles. The minimum atomic E-state index is -0.695. The van der Waals surface area contributed by atoms with E-state index in [4.69, 9.17) is 18.4 Å². The Kier molecular flexibility index (Phi) is 10.2. The maximum atomic E-state index is 13.5. The van der Waals surface area contributed by atoms with Crippen LogP contribution in [0.3, 0.4) is 0 Å². The number of hydrogen-bond donors (Lipinski definition) is 2. The first-order chi connectivity index (χ1) is 17.1. The number of carbonyl (C=O) groups excluding carboxylic acids is 2. The molecule has 1 atom stereocenters. The third-order valence-electron chi connectivity index (χ3n) is 5.57. The molecule has 0 aliphatic heterocycles. The molecule has 11 heteroatoms. The van der Waals surface area contributed by atoms with Crippen LogP contribution < -0.4 is 20.8 Å². The predicted molar refractivity (Wildman–Crippen MR) is 146 cm³/mol. The summed E-state index contributed by atoms with van der Waals surface area (Å²) in [7, 11) is 0. The van der Waals surface area contributed by atoms with E-state index in [-0.39, 0.29) is 43.5 Å². The molecule has 0 spiro atoms. The van der Waals surface area contributed by atoms with Crippen molar-refractivity contribution in [2.24, 2.45) is 0 Å². The first kappa shape index (κ1) is 28.4. The van der Waals surface area contributed by atoms with Gasteiger partial charge in [0, 0.05) is 12.6 Å². The molecule has 2 N–H and O–H groups in total. The maximum Gasteiger partial charge on any atom is 0.407 e. The summed E-state index contributed by atoms with van der Waals surface area (Å²) in [5.41, 5.74) is -0.953. The molecule has 9 nitrogen and oxygen atoms in total. The molecule has 2 aromatic rings. The van der Waals surface area contributed by atoms with Crippen molar-refractivity contribution in [3.8, 4) is 5.75 Å². The summed E-state index contributed by atoms with van der Waals surface area (Å²) in [6.07, 6.45) is 2.56. The number of rotatable bonds is 10. The summed E-state index contributed by atoms with van der Waals surface area (Å²) in [5.74, 6) is -0.724. The van der Waals surface area contributed by atoms with Crippen LogP contribution in [0, 0.1) is 0 Å². The highest BCUT2D eigenvalue weighted by Gasteiger charge is 2.38. The Morgan fingerprint density at radius 3 is 2.47 bits per heavy atom. The molecule has 1 unspecified atom stereocenters. The first-order valence-electron chi connectivity index (χ1n) is 11.7. The highest BCUT2D eigenvalue weighted by Crippen LogP contribution is 2.31. The van der Waals surface area contributed by atoms with Gasteiger partial charge in [-0.25, -0.2) is 4.79 Å². The number of hydrogen-bond acceptors (Lipinski definition) is 7. The highest BCUT2D eigenvalue weighted by molar-refractivity contribution is 14.2. The lowest BCUT2D eigenvalue weighted by Crippen LogP contribution is -2.54. The molecule has 1 aliphatic carbocycles. The zero-order valence-electron chi connectivity index (χ0n) is 20.6. The molecular formula is C25H32IN2O7P. The molecule has 1 aromatic carbocycles. The number of benzene rings is 1. The van der Waals surface area contributed by atoms with Crippen LogP contribution in [0.1, 0.15) is 68.3 Å². The topological polar surface area (TPSA) is 116 Å². The first-order valence-corrected chi connectivity index (χ1v) is 15.7. The largest absolute Gasteiger partial charge is 0.481 e. The molecule has 1 fully saturated rings. The third kappa shape index (κ3) is 8.45. The second-order valence-electron chi connectivity index (χ2n) is 9.67. The molecule has 36 heavy (non-hydrogen) atoms. The smallest absolute Gasteiger partial charge is 0.407 e. The highest BCUT2D eigenvalue weighted by atomic mass is 127. The molecule has 0 bridgehead atoms. The van der Waals surface area contributed by atoms with E-state index in [0.29, 0.717) is 12.8 Å². The van der Waals surface area contributed by atoms with Crippen LogP contribution >= 0.6 is 28.5 Å². The van der Waals surface area contributed by atoms with Crippen LogP contribution in [0.15, 0.2) is 45.6 Å². The Hall–Kier alpha value is -2.17. The van der Waals surface area contributed by atoms with E-state index in [1.165, 1.54) is 6.07 Å². The van der Waals surface area contributed by atoms with Gasteiger partial charge in [-0.2, -0.15) is 0 Å². The number of carbonyl (C=O) groups is 2. The van der Waals surface area contributed by atoms with Crippen molar-refractivity contribution in [3.05, 3.63) is 63.7 Å². The molecule has 0 radical (unpaired) electrons. The maximum absolute atomic E-state index is 13.5. The third-order valence-corrected chi connectivity index (χ3v) is 6.75. The van der Waals surface area contributed by atoms with E-state index < -0.39 is 28.6 Å². The minimum absolute atomic E-state index is 0.0568. The Morgan fingerprint density at radius 1 is 1.14 bits per heavy atom. The van der Waals surface area contributed by atoms with Gasteiger partial charge >= 0.3 is 6.09 Å². The molecular weight excluding hydrogens is 598 g/mol. The predicted octanol–water partition coefficient (Wildman–Crippen LogP) is 5.25. The summed E-state index contributed by atoms with van der Waals surface area (Å²) in [5, 5.41) is 5.78. The Morgan fingerprint density at radius 2 is 1.83 bits per heavy atom. The molecule has 1 heterocycles. The zero-order valence-corrected chi connectivity index (χ0v) is 23.8. The average Bonchev–Trinajstić information content (AvgIpc) is 3.28. The molecule has 1 aliphatic rings. The second-order valence-corrected chi connectivity index (χ2v) is 11.4. The van der Waals surface area contributed by atoms with Gasteiger partial charge in [0.15, 0.2) is 0 Å². The quantitative estimate of drug-likeness (QED) is 0.272. The standard InChI is InChI=1S/C25H32IN2O7P/c1-24(2,3)35-23(31)27-16-25(11-7-8-12-25)28-22(30)21-20(32-14-17-9-5-4-6-10-17)19(29)13-18(34-21)15-33-36-26/h4-6,9-10,13,36H,7-8,11-12,14-16H2,1-3H3,(H,27,31)(H,28,30). The fraction of sp³-hybridized carbons (Fsp3) is 0.480. The summed E-state index contributed by atoms with van der Waals surface area (Å²) < 4.78 is 22.3. The molecule has 2 amide bonds. The van der Waals surface area contributed by atoms with Crippen molar-refractivity contribution in [2.45, 2.75) is 70.8 Å². The number of amides is 2. The average molecular weight is 630 g/mol. The van der Waals surface area contributed by atoms with Crippen molar-refractivity contribution in [1.82, 2.24) is 10.6 Å². The summed E-state index contributed by atoms with van der Waals surface area (Å²) >= 11 is 2.07. The van der Waals surface area contributed by atoms with E-state index in [2.05, 4.69) is 32.7 Å². The van der Waals surface area contributed by atoms with E-state index in [1.54, 1.807) is 20.8 Å². The number of halogens is 1. The van der Waals surface area contributed by atoms with Gasteiger partial charge in [0.05, 0.1) is 12.0 Å². The zero-order chi connectivity index (χ0) is 26.2. The van der Waals surface area contributed by atoms with Gasteiger partial charge in [0.25, 0.3) is 5.91 Å². The SMILES string of the molecule is CC(C)(C)OC(=O)NCC1(NC(=O)c2oc(COPI)cc(=O)c2OCc2ccccc2)CCCC1. The lowest BCUT2D eigenvalue weighted by molar-refractivity contribution is 0.0503. The van der Waals surface area contributed by atoms with Crippen LogP contribution in [0.2, 0.25) is 0 Å². The van der Waals surface area contributed by atoms with Crippen molar-refractivity contribution in [3.63, 3.8) is 0 Å². The number of nitrogens with one attached hydrogen (secondary N) is 2. The molecule has 196 valence electrons. The van der Waals surface area contributed by atoms with E-state index in [9.17, 15) is 14.4 Å². The Labute approximate surface area is 225 Å². The van der Waals surface area contributed by atoms with Crippen LogP contribution in [0.25, 0.3) is 0 Å². The van der Waals surface area contributed by atoms with Gasteiger partial charge in [-0.05, 0) is 61.2 Å². The molecule has 1 saturated carbocycles. The van der Waals surface area contributed by atoms with Crippen molar-refractivity contribution in [2.75, 3.05) is 6.54 Å². The lowest BCUT2D eigenvalue weighted by Gasteiger charge is -2.31. The van der Waals surface area contributed by atoms with Crippen LogP contribution in [0.5, 0.6) is 5.75 Å². The monoisotopic (exact) mass is 630 g/mol. The van der Waals surface area contributed by atoms with Gasteiger partial charge in [-0.3, -0.25) is 9.59 Å². The van der Waals surface area contributed by atoms with Crippen molar-refractivity contribution >= 4 is 40.5 Å². The van der Waals surface area contributed by atoms with Crippen molar-refractivity contribution in [1.29, 1.82) is 0 Å². The van der Waals surface area contributed by atoms with Gasteiger partial charge < -0.3 is 29.0 Å². The normalized spacial score (nSPS) is 15.1. The van der Waals surface area contributed by atoms with Crippen LogP contribution in [-0.4, -0.2) is 29.7 Å². The summed E-state index contributed by atoms with van der Waals surface area (Å²) in [6.45, 7) is 5.87. The van der Waals surface area contributed by atoms with E-state index in [1.807, 2.05) is 30.3 Å². The number of alkyl carbamates (subject to hydrolysis) is 1. The molecule has 1 aromatic heterocycles. The fourth-order valence-corrected chi connectivity index (χ4v) is 4.63. The van der Waals surface area contributed by atoms with Gasteiger partial charge in [-0.15, -0.1) is 0 Å². The summed E-state index contributed by atoms with van der Waals surface area (Å²) in [4.78, 5) is 38.6. The Balaban J connectivity index is 1.82. The minimum Gasteiger partial charge on any atom is -0.481 e. The van der Waals surface area contributed by atoms with E-state index >= 15 is 0 Å². The van der Waals surface area contributed by atoms with Crippen LogP contribution in [0.4, 0.5) is 4.79 Å². The van der Waals surface area contributed by atoms with E-state index in [0.717, 1.165) is 18.4 Å². The van der Waals surface area contributed by atoms with Gasteiger partial charge in [0.1, 0.15) is 24.6 Å². The van der Waals surface area contributed by atoms with Gasteiger partial charge in [-0.1, -0.05) is 43.2 Å². The fourth-order valence-electron chi connectivity index (χ4n) is 3.97. The van der Waals surface area contributed by atoms with Gasteiger partial charge in [0.2, 0.25) is 16.9 Å². The van der Waals surface area contributed by atoms with Crippen LogP contribution in [-0.2, 0) is 22.5 Å². The van der Waals surface area contributed by atoms with Crippen molar-refractivity contribution < 1.29 is 28.0 Å². The Bertz CT molecular complexity index is 1100. The molecule has 3 rings (SSSR count). The summed E-state index contributed by atoms with van der Waals surface area (Å²) in [6, 6.07) is 10.6. The lowest BCUT2D eigenvalue weighted by atomic mass is 9.97.